The van der Waals surface area contributed by atoms with E-state index in [1.54, 1.807) is 4.40 Å². The number of rotatable bonds is 5. The normalized spacial score (nSPS) is 10.7. The molecule has 6 nitrogen and oxygen atoms in total. The van der Waals surface area contributed by atoms with Crippen molar-refractivity contribution in [2.75, 3.05) is 6.54 Å². The summed E-state index contributed by atoms with van der Waals surface area (Å²) >= 11 is 0. The van der Waals surface area contributed by atoms with E-state index in [0.717, 1.165) is 11.2 Å². The van der Waals surface area contributed by atoms with Crippen molar-refractivity contribution in [2.45, 2.75) is 26.7 Å². The summed E-state index contributed by atoms with van der Waals surface area (Å²) in [6.45, 7) is 4.01. The molecule has 0 radical (unpaired) electrons. The molecule has 0 unspecified atom stereocenters. The Hall–Kier alpha value is -2.37. The number of fused-ring (bicyclic) bond motifs is 1. The molecular weight excluding hydrogens is 258 g/mol. The number of carbonyl (C=O) groups excluding carboxylic acids is 1. The van der Waals surface area contributed by atoms with Gasteiger partial charge in [-0.05, 0) is 31.0 Å². The average Bonchev–Trinajstić information content (AvgIpc) is 2.75. The molecule has 2 aromatic heterocycles. The van der Waals surface area contributed by atoms with Gasteiger partial charge in [-0.2, -0.15) is 0 Å². The third-order valence-electron chi connectivity index (χ3n) is 3.03. The Balaban J connectivity index is 2.31. The minimum absolute atomic E-state index is 0.0942. The second-order valence-corrected chi connectivity index (χ2v) is 4.59. The SMILES string of the molecule is CCc1nc2cc(C)ccn2c1C(=O)NCCC(=O)O. The second kappa shape index (κ2) is 5.73. The smallest absolute Gasteiger partial charge is 0.305 e. The van der Waals surface area contributed by atoms with Crippen LogP contribution < -0.4 is 5.32 Å². The number of carboxylic acid groups (broad SMARTS) is 1. The van der Waals surface area contributed by atoms with Crippen molar-refractivity contribution in [2.24, 2.45) is 0 Å². The number of carbonyl (C=O) groups is 2. The number of hydrogen-bond donors (Lipinski definition) is 2. The zero-order chi connectivity index (χ0) is 14.7. The Morgan fingerprint density at radius 3 is 2.85 bits per heavy atom. The van der Waals surface area contributed by atoms with Gasteiger partial charge in [0.25, 0.3) is 5.91 Å². The van der Waals surface area contributed by atoms with E-state index < -0.39 is 5.97 Å². The van der Waals surface area contributed by atoms with Gasteiger partial charge < -0.3 is 10.4 Å². The maximum Gasteiger partial charge on any atom is 0.305 e. The number of nitrogens with zero attached hydrogens (tertiary/aromatic N) is 2. The number of aryl methyl sites for hydroxylation is 2. The lowest BCUT2D eigenvalue weighted by Crippen LogP contribution is -2.28. The van der Waals surface area contributed by atoms with Crippen molar-refractivity contribution < 1.29 is 14.7 Å². The second-order valence-electron chi connectivity index (χ2n) is 4.59. The fourth-order valence-corrected chi connectivity index (χ4v) is 2.05. The van der Waals surface area contributed by atoms with Gasteiger partial charge in [-0.1, -0.05) is 6.92 Å². The summed E-state index contributed by atoms with van der Waals surface area (Å²) in [5, 5.41) is 11.2. The number of carboxylic acids is 1. The number of imidazole rings is 1. The molecule has 0 bridgehead atoms. The Labute approximate surface area is 116 Å². The van der Waals surface area contributed by atoms with Crippen LogP contribution in [-0.2, 0) is 11.2 Å². The Morgan fingerprint density at radius 1 is 1.45 bits per heavy atom. The van der Waals surface area contributed by atoms with Crippen molar-refractivity contribution in [3.63, 3.8) is 0 Å². The molecule has 0 aliphatic carbocycles. The van der Waals surface area contributed by atoms with E-state index in [0.29, 0.717) is 17.8 Å². The maximum absolute atomic E-state index is 12.2. The molecule has 0 saturated carbocycles. The molecule has 2 N–H and O–H groups in total. The quantitative estimate of drug-likeness (QED) is 0.864. The molecule has 0 spiro atoms. The molecule has 6 heteroatoms. The van der Waals surface area contributed by atoms with E-state index in [1.165, 1.54) is 0 Å². The molecule has 0 aliphatic rings. The van der Waals surface area contributed by atoms with Gasteiger partial charge in [0, 0.05) is 12.7 Å². The Morgan fingerprint density at radius 2 is 2.20 bits per heavy atom. The third kappa shape index (κ3) is 2.79. The lowest BCUT2D eigenvalue weighted by Gasteiger charge is -2.05. The minimum atomic E-state index is -0.935. The molecule has 20 heavy (non-hydrogen) atoms. The summed E-state index contributed by atoms with van der Waals surface area (Å²) in [6.07, 6.45) is 2.36. The summed E-state index contributed by atoms with van der Waals surface area (Å²) in [5.41, 5.74) is 2.99. The fourth-order valence-electron chi connectivity index (χ4n) is 2.05. The number of aromatic nitrogens is 2. The molecule has 1 amide bonds. The molecule has 0 fully saturated rings. The first-order valence-corrected chi connectivity index (χ1v) is 6.50. The fraction of sp³-hybridized carbons (Fsp3) is 0.357. The van der Waals surface area contributed by atoms with E-state index in [1.807, 2.05) is 32.2 Å². The van der Waals surface area contributed by atoms with Crippen LogP contribution in [0.1, 0.15) is 35.1 Å². The van der Waals surface area contributed by atoms with E-state index in [9.17, 15) is 9.59 Å². The summed E-state index contributed by atoms with van der Waals surface area (Å²) < 4.78 is 1.74. The van der Waals surface area contributed by atoms with Crippen LogP contribution in [0, 0.1) is 6.92 Å². The first kappa shape index (κ1) is 14.0. The van der Waals surface area contributed by atoms with Gasteiger partial charge in [0.2, 0.25) is 0 Å². The topological polar surface area (TPSA) is 83.7 Å². The highest BCUT2D eigenvalue weighted by Crippen LogP contribution is 2.14. The van der Waals surface area contributed by atoms with Crippen LogP contribution in [0.2, 0.25) is 0 Å². The molecule has 0 atom stereocenters. The first-order valence-electron chi connectivity index (χ1n) is 6.50. The third-order valence-corrected chi connectivity index (χ3v) is 3.03. The van der Waals surface area contributed by atoms with Crippen molar-refractivity contribution in [3.05, 3.63) is 35.3 Å². The van der Waals surface area contributed by atoms with Gasteiger partial charge in [0.15, 0.2) is 0 Å². The van der Waals surface area contributed by atoms with Crippen LogP contribution in [-0.4, -0.2) is 32.9 Å². The number of pyridine rings is 1. The number of amides is 1. The van der Waals surface area contributed by atoms with Crippen molar-refractivity contribution in [3.8, 4) is 0 Å². The van der Waals surface area contributed by atoms with Crippen LogP contribution in [0.3, 0.4) is 0 Å². The van der Waals surface area contributed by atoms with Crippen molar-refractivity contribution in [1.29, 1.82) is 0 Å². The van der Waals surface area contributed by atoms with Gasteiger partial charge in [-0.3, -0.25) is 14.0 Å². The van der Waals surface area contributed by atoms with Crippen LogP contribution >= 0.6 is 0 Å². The minimum Gasteiger partial charge on any atom is -0.481 e. The summed E-state index contributed by atoms with van der Waals surface area (Å²) in [5.74, 6) is -1.23. The van der Waals surface area contributed by atoms with E-state index in [-0.39, 0.29) is 18.9 Å². The highest BCUT2D eigenvalue weighted by Gasteiger charge is 2.17. The molecule has 2 rings (SSSR count). The van der Waals surface area contributed by atoms with Crippen LogP contribution in [0.5, 0.6) is 0 Å². The largest absolute Gasteiger partial charge is 0.481 e. The monoisotopic (exact) mass is 275 g/mol. The van der Waals surface area contributed by atoms with E-state index >= 15 is 0 Å². The summed E-state index contributed by atoms with van der Waals surface area (Å²) in [4.78, 5) is 27.1. The van der Waals surface area contributed by atoms with Crippen molar-refractivity contribution >= 4 is 17.5 Å². The zero-order valence-corrected chi connectivity index (χ0v) is 11.5. The summed E-state index contributed by atoms with van der Waals surface area (Å²) in [6, 6.07) is 3.81. The molecule has 2 heterocycles. The summed E-state index contributed by atoms with van der Waals surface area (Å²) in [7, 11) is 0. The molecule has 2 aromatic rings. The Kier molecular flexibility index (Phi) is 4.02. The van der Waals surface area contributed by atoms with Crippen molar-refractivity contribution in [1.82, 2.24) is 14.7 Å². The van der Waals surface area contributed by atoms with Crippen LogP contribution in [0.4, 0.5) is 0 Å². The zero-order valence-electron chi connectivity index (χ0n) is 11.5. The standard InChI is InChI=1S/C14H17N3O3/c1-3-10-13(14(20)15-6-4-12(18)19)17-7-5-9(2)8-11(17)16-10/h5,7-8H,3-4,6H2,1-2H3,(H,15,20)(H,18,19). The van der Waals surface area contributed by atoms with Gasteiger partial charge in [0.1, 0.15) is 11.3 Å². The van der Waals surface area contributed by atoms with Gasteiger partial charge in [0.05, 0.1) is 12.1 Å². The molecule has 0 aliphatic heterocycles. The predicted molar refractivity (Wildman–Crippen MR) is 73.9 cm³/mol. The lowest BCUT2D eigenvalue weighted by atomic mass is 10.2. The maximum atomic E-state index is 12.2. The Bertz CT molecular complexity index is 661. The van der Waals surface area contributed by atoms with Crippen LogP contribution in [0.15, 0.2) is 18.3 Å². The molecular formula is C14H17N3O3. The number of aliphatic carboxylic acids is 1. The highest BCUT2D eigenvalue weighted by atomic mass is 16.4. The molecule has 106 valence electrons. The first-order chi connectivity index (χ1) is 9.52. The number of hydrogen-bond acceptors (Lipinski definition) is 3. The van der Waals surface area contributed by atoms with Crippen LogP contribution in [0.25, 0.3) is 5.65 Å². The predicted octanol–water partition coefficient (Wildman–Crippen LogP) is 1.41. The van der Waals surface area contributed by atoms with Gasteiger partial charge >= 0.3 is 5.97 Å². The molecule has 0 saturated heterocycles. The van der Waals surface area contributed by atoms with E-state index in [4.69, 9.17) is 5.11 Å². The molecule has 0 aromatic carbocycles. The van der Waals surface area contributed by atoms with Gasteiger partial charge in [-0.15, -0.1) is 0 Å². The van der Waals surface area contributed by atoms with Gasteiger partial charge in [-0.25, -0.2) is 4.98 Å². The highest BCUT2D eigenvalue weighted by molar-refractivity contribution is 5.94. The lowest BCUT2D eigenvalue weighted by molar-refractivity contribution is -0.136. The van der Waals surface area contributed by atoms with E-state index in [2.05, 4.69) is 10.3 Å². The number of nitrogens with one attached hydrogen (secondary N) is 1. The average molecular weight is 275 g/mol.